The Morgan fingerprint density at radius 2 is 1.64 bits per heavy atom. The van der Waals surface area contributed by atoms with Gasteiger partial charge in [0.15, 0.2) is 0 Å². The lowest BCUT2D eigenvalue weighted by Gasteiger charge is -2.29. The van der Waals surface area contributed by atoms with Crippen LogP contribution in [0.25, 0.3) is 0 Å². The van der Waals surface area contributed by atoms with Crippen molar-refractivity contribution in [3.05, 3.63) is 47.5 Å². The van der Waals surface area contributed by atoms with E-state index < -0.39 is 0 Å². The van der Waals surface area contributed by atoms with Crippen LogP contribution in [0.1, 0.15) is 18.1 Å². The van der Waals surface area contributed by atoms with Gasteiger partial charge >= 0.3 is 0 Å². The molecule has 0 aliphatic carbocycles. The van der Waals surface area contributed by atoms with Crippen molar-refractivity contribution < 1.29 is 14.9 Å². The summed E-state index contributed by atoms with van der Waals surface area (Å²) < 4.78 is 5.37. The number of hydrogen-bond donors (Lipinski definition) is 2. The fraction of sp³-hybridized carbons (Fsp3) is 0.400. The first kappa shape index (κ1) is 17.4. The quantitative estimate of drug-likeness (QED) is 0.875. The van der Waals surface area contributed by atoms with Gasteiger partial charge in [-0.1, -0.05) is 12.1 Å². The van der Waals surface area contributed by atoms with Crippen molar-refractivity contribution in [1.82, 2.24) is 0 Å². The zero-order chi connectivity index (χ0) is 17.8. The lowest BCUT2D eigenvalue weighted by molar-refractivity contribution is 0.122. The number of aromatic hydroxyl groups is 2. The first-order valence-corrected chi connectivity index (χ1v) is 8.76. The van der Waals surface area contributed by atoms with Crippen LogP contribution < -0.4 is 9.80 Å². The third kappa shape index (κ3) is 3.99. The first-order valence-electron chi connectivity index (χ1n) is 8.76. The van der Waals surface area contributed by atoms with E-state index in [1.807, 2.05) is 31.3 Å². The molecule has 134 valence electrons. The summed E-state index contributed by atoms with van der Waals surface area (Å²) in [5.74, 6) is 0.521. The van der Waals surface area contributed by atoms with Gasteiger partial charge in [-0.05, 0) is 30.2 Å². The lowest BCUT2D eigenvalue weighted by atomic mass is 10.0. The van der Waals surface area contributed by atoms with Gasteiger partial charge in [-0.15, -0.1) is 0 Å². The molecule has 1 aliphatic rings. The van der Waals surface area contributed by atoms with Gasteiger partial charge in [-0.25, -0.2) is 0 Å². The maximum Gasteiger partial charge on any atom is 0.121 e. The second-order valence-corrected chi connectivity index (χ2v) is 6.42. The first-order chi connectivity index (χ1) is 12.1. The van der Waals surface area contributed by atoms with Gasteiger partial charge in [0.25, 0.3) is 0 Å². The van der Waals surface area contributed by atoms with Crippen LogP contribution in [0.4, 0.5) is 11.4 Å². The predicted molar refractivity (Wildman–Crippen MR) is 101 cm³/mol. The van der Waals surface area contributed by atoms with E-state index in [0.717, 1.165) is 55.3 Å². The van der Waals surface area contributed by atoms with E-state index in [0.29, 0.717) is 6.42 Å². The van der Waals surface area contributed by atoms with E-state index in [4.69, 9.17) is 4.74 Å². The summed E-state index contributed by atoms with van der Waals surface area (Å²) in [6.07, 6.45) is 0.497. The third-order valence-electron chi connectivity index (χ3n) is 4.81. The Morgan fingerprint density at radius 3 is 2.24 bits per heavy atom. The molecule has 25 heavy (non-hydrogen) atoms. The van der Waals surface area contributed by atoms with E-state index in [2.05, 4.69) is 16.7 Å². The molecule has 1 saturated heterocycles. The molecule has 0 spiro atoms. The van der Waals surface area contributed by atoms with Crippen LogP contribution in [0.3, 0.4) is 0 Å². The highest BCUT2D eigenvalue weighted by Crippen LogP contribution is 2.31. The maximum atomic E-state index is 10.4. The van der Waals surface area contributed by atoms with Crippen LogP contribution in [-0.4, -0.2) is 50.1 Å². The summed E-state index contributed by atoms with van der Waals surface area (Å²) in [7, 11) is 1.99. The molecule has 1 heterocycles. The van der Waals surface area contributed by atoms with Crippen molar-refractivity contribution in [1.29, 1.82) is 0 Å². The second kappa shape index (κ2) is 7.66. The standard InChI is InChI=1S/C20H26N2O3/c1-3-21(2)17-6-4-15(19(23)13-17)12-16-5-7-18(14-20(16)24)22-8-10-25-11-9-22/h4-7,13-14,23-24H,3,8-12H2,1-2H3. The lowest BCUT2D eigenvalue weighted by Crippen LogP contribution is -2.36. The van der Waals surface area contributed by atoms with Crippen LogP contribution in [-0.2, 0) is 11.2 Å². The van der Waals surface area contributed by atoms with Crippen molar-refractivity contribution in [3.63, 3.8) is 0 Å². The number of morpholine rings is 1. The van der Waals surface area contributed by atoms with Gasteiger partial charge in [0, 0.05) is 56.6 Å². The zero-order valence-corrected chi connectivity index (χ0v) is 14.9. The summed E-state index contributed by atoms with van der Waals surface area (Å²) in [6, 6.07) is 11.5. The Labute approximate surface area is 149 Å². The fourth-order valence-electron chi connectivity index (χ4n) is 3.05. The van der Waals surface area contributed by atoms with Gasteiger partial charge in [0.2, 0.25) is 0 Å². The van der Waals surface area contributed by atoms with E-state index in [-0.39, 0.29) is 11.5 Å². The molecular formula is C20H26N2O3. The molecule has 5 heteroatoms. The van der Waals surface area contributed by atoms with Gasteiger partial charge in [-0.3, -0.25) is 0 Å². The molecule has 0 unspecified atom stereocenters. The monoisotopic (exact) mass is 342 g/mol. The largest absolute Gasteiger partial charge is 0.508 e. The van der Waals surface area contributed by atoms with E-state index >= 15 is 0 Å². The Morgan fingerprint density at radius 1 is 1.00 bits per heavy atom. The van der Waals surface area contributed by atoms with Crippen LogP contribution >= 0.6 is 0 Å². The summed E-state index contributed by atoms with van der Waals surface area (Å²) in [5.41, 5.74) is 3.61. The minimum atomic E-state index is 0.259. The van der Waals surface area contributed by atoms with Crippen molar-refractivity contribution in [2.24, 2.45) is 0 Å². The Hall–Kier alpha value is -2.40. The fourth-order valence-corrected chi connectivity index (χ4v) is 3.05. The topological polar surface area (TPSA) is 56.2 Å². The summed E-state index contributed by atoms with van der Waals surface area (Å²) in [4.78, 5) is 4.28. The van der Waals surface area contributed by atoms with Crippen LogP contribution in [0.5, 0.6) is 11.5 Å². The van der Waals surface area contributed by atoms with Gasteiger partial charge in [-0.2, -0.15) is 0 Å². The average molecular weight is 342 g/mol. The molecule has 0 amide bonds. The smallest absolute Gasteiger partial charge is 0.121 e. The van der Waals surface area contributed by atoms with Gasteiger partial charge < -0.3 is 24.7 Å². The molecule has 3 rings (SSSR count). The number of ether oxygens (including phenoxy) is 1. The zero-order valence-electron chi connectivity index (χ0n) is 14.9. The van der Waals surface area contributed by atoms with Crippen LogP contribution in [0.15, 0.2) is 36.4 Å². The third-order valence-corrected chi connectivity index (χ3v) is 4.81. The molecule has 0 bridgehead atoms. The highest BCUT2D eigenvalue weighted by atomic mass is 16.5. The number of phenols is 2. The number of phenolic OH excluding ortho intramolecular Hbond substituents is 2. The Balaban J connectivity index is 1.76. The molecule has 0 saturated carbocycles. The molecule has 5 nitrogen and oxygen atoms in total. The second-order valence-electron chi connectivity index (χ2n) is 6.42. The molecule has 1 aliphatic heterocycles. The molecule has 2 aromatic rings. The summed E-state index contributed by atoms with van der Waals surface area (Å²) in [6.45, 7) is 6.06. The minimum absolute atomic E-state index is 0.259. The molecule has 2 aromatic carbocycles. The van der Waals surface area contributed by atoms with Crippen molar-refractivity contribution in [2.45, 2.75) is 13.3 Å². The number of anilines is 2. The molecule has 0 radical (unpaired) electrons. The van der Waals surface area contributed by atoms with Gasteiger partial charge in [0.05, 0.1) is 13.2 Å². The molecule has 0 aromatic heterocycles. The summed E-state index contributed by atoms with van der Waals surface area (Å²) >= 11 is 0. The molecule has 1 fully saturated rings. The van der Waals surface area contributed by atoms with Gasteiger partial charge in [0.1, 0.15) is 11.5 Å². The molecule has 2 N–H and O–H groups in total. The van der Waals surface area contributed by atoms with Crippen molar-refractivity contribution in [2.75, 3.05) is 49.7 Å². The number of benzene rings is 2. The van der Waals surface area contributed by atoms with E-state index in [1.54, 1.807) is 12.1 Å². The maximum absolute atomic E-state index is 10.4. The highest BCUT2D eigenvalue weighted by Gasteiger charge is 2.14. The normalized spacial score (nSPS) is 14.6. The van der Waals surface area contributed by atoms with Crippen molar-refractivity contribution >= 4 is 11.4 Å². The Bertz CT molecular complexity index is 727. The number of rotatable bonds is 5. The van der Waals surface area contributed by atoms with E-state index in [1.165, 1.54) is 0 Å². The SMILES string of the molecule is CCN(C)c1ccc(Cc2ccc(N3CCOCC3)cc2O)c(O)c1. The molecular weight excluding hydrogens is 316 g/mol. The molecule has 0 atom stereocenters. The van der Waals surface area contributed by atoms with E-state index in [9.17, 15) is 10.2 Å². The predicted octanol–water partition coefficient (Wildman–Crippen LogP) is 2.98. The Kier molecular flexibility index (Phi) is 5.34. The number of nitrogens with zero attached hydrogens (tertiary/aromatic N) is 2. The van der Waals surface area contributed by atoms with Crippen LogP contribution in [0, 0.1) is 0 Å². The van der Waals surface area contributed by atoms with Crippen LogP contribution in [0.2, 0.25) is 0 Å². The number of hydrogen-bond acceptors (Lipinski definition) is 5. The van der Waals surface area contributed by atoms with Crippen molar-refractivity contribution in [3.8, 4) is 11.5 Å². The average Bonchev–Trinajstić information content (AvgIpc) is 2.64. The minimum Gasteiger partial charge on any atom is -0.508 e. The highest BCUT2D eigenvalue weighted by molar-refractivity contribution is 5.57. The summed E-state index contributed by atoms with van der Waals surface area (Å²) in [5, 5.41) is 20.7.